The molecule has 0 amide bonds. The standard InChI is InChI=1S/C14H19N3S/c1-10-4-6-14(9-15,7-5-10)13-17-11-3-2-8-16-12(11)18-13/h2-3,8,10H,4-7,9,15H2,1H3. The zero-order valence-corrected chi connectivity index (χ0v) is 11.5. The summed E-state index contributed by atoms with van der Waals surface area (Å²) < 4.78 is 0. The van der Waals surface area contributed by atoms with E-state index < -0.39 is 0 Å². The predicted molar refractivity (Wildman–Crippen MR) is 75.8 cm³/mol. The Bertz CT molecular complexity index is 508. The first kappa shape index (κ1) is 12.1. The minimum atomic E-state index is 0.109. The average molecular weight is 261 g/mol. The maximum absolute atomic E-state index is 6.08. The van der Waals surface area contributed by atoms with Gasteiger partial charge in [0.05, 0.1) is 0 Å². The highest BCUT2D eigenvalue weighted by Gasteiger charge is 2.37. The van der Waals surface area contributed by atoms with Gasteiger partial charge in [-0.15, -0.1) is 0 Å². The molecule has 1 aliphatic rings. The Kier molecular flexibility index (Phi) is 3.08. The highest BCUT2D eigenvalue weighted by molar-refractivity contribution is 7.18. The number of hydrogen-bond donors (Lipinski definition) is 1. The van der Waals surface area contributed by atoms with E-state index in [-0.39, 0.29) is 5.41 Å². The quantitative estimate of drug-likeness (QED) is 0.903. The van der Waals surface area contributed by atoms with Crippen LogP contribution in [0.2, 0.25) is 0 Å². The molecule has 0 spiro atoms. The van der Waals surface area contributed by atoms with E-state index in [0.717, 1.165) is 16.3 Å². The number of fused-ring (bicyclic) bond motifs is 1. The van der Waals surface area contributed by atoms with E-state index >= 15 is 0 Å². The lowest BCUT2D eigenvalue weighted by molar-refractivity contribution is 0.247. The second-order valence-corrected chi connectivity index (χ2v) is 6.49. The van der Waals surface area contributed by atoms with Crippen LogP contribution in [0.3, 0.4) is 0 Å². The summed E-state index contributed by atoms with van der Waals surface area (Å²) in [5.41, 5.74) is 7.21. The van der Waals surface area contributed by atoms with Gasteiger partial charge in [0, 0.05) is 18.2 Å². The van der Waals surface area contributed by atoms with Crippen molar-refractivity contribution in [2.45, 2.75) is 38.0 Å². The number of thiazole rings is 1. The van der Waals surface area contributed by atoms with Crippen LogP contribution in [0, 0.1) is 5.92 Å². The average Bonchev–Trinajstić information content (AvgIpc) is 2.84. The second kappa shape index (κ2) is 4.59. The molecular weight excluding hydrogens is 242 g/mol. The van der Waals surface area contributed by atoms with Crippen LogP contribution >= 0.6 is 11.3 Å². The maximum Gasteiger partial charge on any atom is 0.143 e. The number of nitrogens with zero attached hydrogens (tertiary/aromatic N) is 2. The minimum absolute atomic E-state index is 0.109. The van der Waals surface area contributed by atoms with Gasteiger partial charge in [0.2, 0.25) is 0 Å². The molecule has 0 aliphatic heterocycles. The topological polar surface area (TPSA) is 51.8 Å². The molecule has 18 heavy (non-hydrogen) atoms. The molecule has 2 heterocycles. The van der Waals surface area contributed by atoms with E-state index in [9.17, 15) is 0 Å². The van der Waals surface area contributed by atoms with Crippen molar-refractivity contribution in [3.8, 4) is 0 Å². The van der Waals surface area contributed by atoms with Crippen molar-refractivity contribution in [3.05, 3.63) is 23.3 Å². The molecular formula is C14H19N3S. The largest absolute Gasteiger partial charge is 0.329 e. The van der Waals surface area contributed by atoms with E-state index in [2.05, 4.69) is 11.9 Å². The Morgan fingerprint density at radius 1 is 1.44 bits per heavy atom. The Balaban J connectivity index is 2.00. The maximum atomic E-state index is 6.08. The lowest BCUT2D eigenvalue weighted by Crippen LogP contribution is -2.38. The molecule has 0 saturated heterocycles. The van der Waals surface area contributed by atoms with Gasteiger partial charge in [0.1, 0.15) is 15.4 Å². The Hall–Kier alpha value is -1.00. The van der Waals surface area contributed by atoms with Crippen molar-refractivity contribution < 1.29 is 0 Å². The second-order valence-electron chi connectivity index (χ2n) is 5.51. The van der Waals surface area contributed by atoms with Gasteiger partial charge in [0.15, 0.2) is 0 Å². The molecule has 2 N–H and O–H groups in total. The molecule has 2 aromatic rings. The monoisotopic (exact) mass is 261 g/mol. The minimum Gasteiger partial charge on any atom is -0.329 e. The SMILES string of the molecule is CC1CCC(CN)(c2nc3cccnc3s2)CC1. The van der Waals surface area contributed by atoms with Gasteiger partial charge < -0.3 is 5.73 Å². The molecule has 1 fully saturated rings. The van der Waals surface area contributed by atoms with Gasteiger partial charge >= 0.3 is 0 Å². The molecule has 1 saturated carbocycles. The molecule has 0 unspecified atom stereocenters. The van der Waals surface area contributed by atoms with Crippen LogP contribution in [0.1, 0.15) is 37.6 Å². The summed E-state index contributed by atoms with van der Waals surface area (Å²) in [7, 11) is 0. The van der Waals surface area contributed by atoms with Crippen molar-refractivity contribution in [1.82, 2.24) is 9.97 Å². The van der Waals surface area contributed by atoms with E-state index in [1.165, 1.54) is 30.7 Å². The number of aromatic nitrogens is 2. The molecule has 3 rings (SSSR count). The van der Waals surface area contributed by atoms with Crippen molar-refractivity contribution in [2.24, 2.45) is 11.7 Å². The Morgan fingerprint density at radius 3 is 2.89 bits per heavy atom. The first-order valence-electron chi connectivity index (χ1n) is 6.66. The van der Waals surface area contributed by atoms with E-state index in [4.69, 9.17) is 10.7 Å². The van der Waals surface area contributed by atoms with Crippen molar-refractivity contribution in [2.75, 3.05) is 6.54 Å². The summed E-state index contributed by atoms with van der Waals surface area (Å²) in [6.07, 6.45) is 6.71. The molecule has 0 atom stereocenters. The first-order chi connectivity index (χ1) is 8.73. The van der Waals surface area contributed by atoms with E-state index in [1.54, 1.807) is 11.3 Å². The highest BCUT2D eigenvalue weighted by Crippen LogP contribution is 2.43. The van der Waals surface area contributed by atoms with Gasteiger partial charge in [-0.25, -0.2) is 9.97 Å². The number of rotatable bonds is 2. The zero-order valence-electron chi connectivity index (χ0n) is 10.7. The van der Waals surface area contributed by atoms with Crippen LogP contribution in [0.15, 0.2) is 18.3 Å². The third-order valence-corrected chi connectivity index (χ3v) is 5.47. The van der Waals surface area contributed by atoms with Gasteiger partial charge in [-0.3, -0.25) is 0 Å². The van der Waals surface area contributed by atoms with Gasteiger partial charge in [-0.1, -0.05) is 18.3 Å². The summed E-state index contributed by atoms with van der Waals surface area (Å²) >= 11 is 1.73. The normalized spacial score (nSPS) is 28.7. The third-order valence-electron chi connectivity index (χ3n) is 4.24. The zero-order chi connectivity index (χ0) is 12.6. The van der Waals surface area contributed by atoms with Gasteiger partial charge in [0.25, 0.3) is 0 Å². The molecule has 0 aromatic carbocycles. The number of hydrogen-bond acceptors (Lipinski definition) is 4. The van der Waals surface area contributed by atoms with Gasteiger partial charge in [-0.2, -0.15) is 0 Å². The van der Waals surface area contributed by atoms with Crippen molar-refractivity contribution in [1.29, 1.82) is 0 Å². The van der Waals surface area contributed by atoms with Crippen LogP contribution < -0.4 is 5.73 Å². The summed E-state index contributed by atoms with van der Waals surface area (Å²) in [6.45, 7) is 3.04. The van der Waals surface area contributed by atoms with Crippen LogP contribution in [0.4, 0.5) is 0 Å². The highest BCUT2D eigenvalue weighted by atomic mass is 32.1. The number of nitrogens with two attached hydrogens (primary N) is 1. The fourth-order valence-corrected chi connectivity index (χ4v) is 3.98. The third kappa shape index (κ3) is 1.93. The van der Waals surface area contributed by atoms with Crippen molar-refractivity contribution in [3.63, 3.8) is 0 Å². The van der Waals surface area contributed by atoms with E-state index in [1.807, 2.05) is 18.3 Å². The number of pyridine rings is 1. The molecule has 2 aromatic heterocycles. The van der Waals surface area contributed by atoms with Gasteiger partial charge in [-0.05, 0) is 43.7 Å². The fraction of sp³-hybridized carbons (Fsp3) is 0.571. The molecule has 0 bridgehead atoms. The molecule has 3 nitrogen and oxygen atoms in total. The summed E-state index contributed by atoms with van der Waals surface area (Å²) in [4.78, 5) is 10.2. The smallest absolute Gasteiger partial charge is 0.143 e. The molecule has 4 heteroatoms. The summed E-state index contributed by atoms with van der Waals surface area (Å²) in [6, 6.07) is 3.99. The van der Waals surface area contributed by atoms with E-state index in [0.29, 0.717) is 6.54 Å². The van der Waals surface area contributed by atoms with Crippen molar-refractivity contribution >= 4 is 21.7 Å². The fourth-order valence-electron chi connectivity index (χ4n) is 2.82. The predicted octanol–water partition coefficient (Wildman–Crippen LogP) is 3.10. The lowest BCUT2D eigenvalue weighted by atomic mass is 9.71. The van der Waals surface area contributed by atoms with Crippen LogP contribution in [-0.2, 0) is 5.41 Å². The Labute approximate surface area is 111 Å². The lowest BCUT2D eigenvalue weighted by Gasteiger charge is -2.36. The summed E-state index contributed by atoms with van der Waals surface area (Å²) in [5.74, 6) is 0.831. The van der Waals surface area contributed by atoms with Crippen LogP contribution in [-0.4, -0.2) is 16.5 Å². The molecule has 96 valence electrons. The summed E-state index contributed by atoms with van der Waals surface area (Å²) in [5, 5.41) is 1.20. The first-order valence-corrected chi connectivity index (χ1v) is 7.47. The molecule has 0 radical (unpaired) electrons. The van der Waals surface area contributed by atoms with Crippen LogP contribution in [0.5, 0.6) is 0 Å². The Morgan fingerprint density at radius 2 is 2.22 bits per heavy atom. The molecule has 1 aliphatic carbocycles. The van der Waals surface area contributed by atoms with Crippen LogP contribution in [0.25, 0.3) is 10.3 Å².